The van der Waals surface area contributed by atoms with Crippen molar-refractivity contribution in [3.63, 3.8) is 0 Å². The van der Waals surface area contributed by atoms with Crippen LogP contribution in [-0.4, -0.2) is 35.4 Å². The maximum atomic E-state index is 12.1. The number of rotatable bonds is 7. The molecule has 0 aliphatic carbocycles. The molecule has 0 saturated carbocycles. The van der Waals surface area contributed by atoms with Crippen molar-refractivity contribution in [2.45, 2.75) is 26.4 Å². The minimum Gasteiger partial charge on any atom is -0.358 e. The molecule has 2 heterocycles. The molecule has 0 bridgehead atoms. The molecular weight excluding hydrogens is 374 g/mol. The lowest BCUT2D eigenvalue weighted by Crippen LogP contribution is -2.16. The summed E-state index contributed by atoms with van der Waals surface area (Å²) in [5.41, 5.74) is 1.57. The quantitative estimate of drug-likeness (QED) is 0.489. The zero-order valence-electron chi connectivity index (χ0n) is 14.4. The van der Waals surface area contributed by atoms with Crippen LogP contribution in [-0.2, 0) is 17.9 Å². The summed E-state index contributed by atoms with van der Waals surface area (Å²) in [5, 5.41) is 22.0. The van der Waals surface area contributed by atoms with Gasteiger partial charge in [-0.05, 0) is 29.5 Å². The number of halogens is 1. The molecule has 1 amide bonds. The Hall–Kier alpha value is -3.27. The number of nitrogens with zero attached hydrogens (tertiary/aromatic N) is 6. The van der Waals surface area contributed by atoms with E-state index in [9.17, 15) is 14.9 Å². The van der Waals surface area contributed by atoms with Crippen LogP contribution in [0.3, 0.4) is 0 Å². The molecule has 10 nitrogen and oxygen atoms in total. The van der Waals surface area contributed by atoms with Gasteiger partial charge in [-0.1, -0.05) is 23.7 Å². The van der Waals surface area contributed by atoms with Crippen molar-refractivity contribution in [2.75, 3.05) is 5.32 Å². The van der Waals surface area contributed by atoms with E-state index in [-0.39, 0.29) is 30.6 Å². The Morgan fingerprint density at radius 2 is 2.15 bits per heavy atom. The highest BCUT2D eigenvalue weighted by Crippen LogP contribution is 2.13. The molecule has 0 saturated heterocycles. The highest BCUT2D eigenvalue weighted by molar-refractivity contribution is 6.30. The van der Waals surface area contributed by atoms with Gasteiger partial charge in [-0.25, -0.2) is 9.67 Å². The zero-order chi connectivity index (χ0) is 19.4. The van der Waals surface area contributed by atoms with Crippen LogP contribution in [0.4, 0.5) is 11.8 Å². The summed E-state index contributed by atoms with van der Waals surface area (Å²) in [4.78, 5) is 26.3. The van der Waals surface area contributed by atoms with Gasteiger partial charge in [-0.3, -0.25) is 10.1 Å². The summed E-state index contributed by atoms with van der Waals surface area (Å²) in [6.07, 6.45) is 1.60. The summed E-state index contributed by atoms with van der Waals surface area (Å²) in [5.74, 6) is -0.368. The van der Waals surface area contributed by atoms with Crippen molar-refractivity contribution in [1.82, 2.24) is 24.5 Å². The van der Waals surface area contributed by atoms with Crippen LogP contribution in [0.2, 0.25) is 5.02 Å². The predicted octanol–water partition coefficient (Wildman–Crippen LogP) is 2.42. The van der Waals surface area contributed by atoms with Gasteiger partial charge in [0.15, 0.2) is 0 Å². The molecule has 2 aromatic heterocycles. The van der Waals surface area contributed by atoms with E-state index in [1.54, 1.807) is 17.7 Å². The molecule has 0 aliphatic rings. The molecule has 0 atom stereocenters. The molecule has 1 aromatic carbocycles. The fraction of sp³-hybridized carbons (Fsp3) is 0.250. The van der Waals surface area contributed by atoms with E-state index in [1.807, 2.05) is 18.2 Å². The number of aromatic nitrogens is 5. The Balaban J connectivity index is 1.54. The molecule has 0 fully saturated rings. The van der Waals surface area contributed by atoms with Crippen molar-refractivity contribution in [3.05, 3.63) is 63.1 Å². The Bertz CT molecular complexity index is 982. The van der Waals surface area contributed by atoms with E-state index < -0.39 is 4.92 Å². The van der Waals surface area contributed by atoms with E-state index in [4.69, 9.17) is 11.6 Å². The normalized spacial score (nSPS) is 10.7. The van der Waals surface area contributed by atoms with Crippen LogP contribution in [0.5, 0.6) is 0 Å². The third-order valence-corrected chi connectivity index (χ3v) is 3.96. The Morgan fingerprint density at radius 3 is 2.85 bits per heavy atom. The van der Waals surface area contributed by atoms with Gasteiger partial charge in [0, 0.05) is 11.4 Å². The van der Waals surface area contributed by atoms with Crippen molar-refractivity contribution in [2.24, 2.45) is 0 Å². The third-order valence-electron chi connectivity index (χ3n) is 3.73. The maximum absolute atomic E-state index is 12.1. The molecule has 140 valence electrons. The topological polar surface area (TPSA) is 121 Å². The summed E-state index contributed by atoms with van der Waals surface area (Å²) in [6, 6.07) is 8.73. The van der Waals surface area contributed by atoms with Gasteiger partial charge in [-0.15, -0.1) is 5.10 Å². The number of anilines is 1. The van der Waals surface area contributed by atoms with Crippen molar-refractivity contribution < 1.29 is 9.72 Å². The lowest BCUT2D eigenvalue weighted by Gasteiger charge is -2.02. The number of carbonyl (C=O) groups is 1. The van der Waals surface area contributed by atoms with Crippen molar-refractivity contribution in [1.29, 1.82) is 0 Å². The molecule has 3 rings (SSSR count). The number of nitro groups is 1. The van der Waals surface area contributed by atoms with Gasteiger partial charge in [0.1, 0.15) is 6.33 Å². The second-order valence-corrected chi connectivity index (χ2v) is 6.25. The highest BCUT2D eigenvalue weighted by Gasteiger charge is 2.16. The molecule has 27 heavy (non-hydrogen) atoms. The van der Waals surface area contributed by atoms with Gasteiger partial charge >= 0.3 is 5.82 Å². The first kappa shape index (κ1) is 18.5. The first-order chi connectivity index (χ1) is 12.9. The fourth-order valence-electron chi connectivity index (χ4n) is 2.45. The Morgan fingerprint density at radius 1 is 1.33 bits per heavy atom. The lowest BCUT2D eigenvalue weighted by atomic mass is 10.2. The van der Waals surface area contributed by atoms with E-state index in [1.165, 1.54) is 17.1 Å². The minimum absolute atomic E-state index is 0.0858. The van der Waals surface area contributed by atoms with E-state index >= 15 is 0 Å². The van der Waals surface area contributed by atoms with Crippen LogP contribution < -0.4 is 5.32 Å². The number of benzene rings is 1. The first-order valence-corrected chi connectivity index (χ1v) is 8.41. The van der Waals surface area contributed by atoms with Gasteiger partial charge in [0.05, 0.1) is 29.9 Å². The van der Waals surface area contributed by atoms with Crippen molar-refractivity contribution in [3.8, 4) is 0 Å². The molecule has 11 heteroatoms. The molecular formula is C16H16ClN7O3. The summed E-state index contributed by atoms with van der Waals surface area (Å²) in [7, 11) is 0. The molecule has 0 radical (unpaired) electrons. The highest BCUT2D eigenvalue weighted by atomic mass is 35.5. The number of hydrogen-bond acceptors (Lipinski definition) is 6. The van der Waals surface area contributed by atoms with Gasteiger partial charge < -0.3 is 10.1 Å². The minimum atomic E-state index is -0.569. The number of nitrogens with one attached hydrogen (secondary N) is 1. The number of amides is 1. The van der Waals surface area contributed by atoms with Crippen LogP contribution in [0.1, 0.15) is 17.7 Å². The van der Waals surface area contributed by atoms with Crippen LogP contribution in [0.15, 0.2) is 36.7 Å². The van der Waals surface area contributed by atoms with E-state index in [0.29, 0.717) is 17.3 Å². The average molecular weight is 390 g/mol. The van der Waals surface area contributed by atoms with Crippen LogP contribution in [0, 0.1) is 17.0 Å². The van der Waals surface area contributed by atoms with Crippen LogP contribution >= 0.6 is 11.6 Å². The number of aryl methyl sites for hydroxylation is 2. The smallest absolute Gasteiger partial charge is 0.358 e. The molecule has 1 N–H and O–H groups in total. The largest absolute Gasteiger partial charge is 0.390 e. The summed E-state index contributed by atoms with van der Waals surface area (Å²) < 4.78 is 3.01. The molecule has 0 unspecified atom stereocenters. The fourth-order valence-corrected chi connectivity index (χ4v) is 2.67. The molecule has 0 aliphatic heterocycles. The monoisotopic (exact) mass is 389 g/mol. The van der Waals surface area contributed by atoms with Gasteiger partial charge in [0.25, 0.3) is 0 Å². The first-order valence-electron chi connectivity index (χ1n) is 8.03. The third kappa shape index (κ3) is 4.88. The predicted molar refractivity (Wildman–Crippen MR) is 97.4 cm³/mol. The van der Waals surface area contributed by atoms with Gasteiger partial charge in [0.2, 0.25) is 11.9 Å². The maximum Gasteiger partial charge on any atom is 0.390 e. The van der Waals surface area contributed by atoms with E-state index in [2.05, 4.69) is 20.5 Å². The second-order valence-electron chi connectivity index (χ2n) is 5.82. The standard InChI is InChI=1S/C16H16ClN7O3/c1-11-7-14(24(26)27)20-23(11)6-5-15(25)19-16-18-10-22(21-16)9-12-3-2-4-13(17)8-12/h2-4,7-8,10H,5-6,9H2,1H3,(H,19,21,25). The second kappa shape index (κ2) is 7.96. The average Bonchev–Trinajstić information content (AvgIpc) is 3.19. The Labute approximate surface area is 158 Å². The summed E-state index contributed by atoms with van der Waals surface area (Å²) in [6.45, 7) is 2.38. The molecule has 0 spiro atoms. The summed E-state index contributed by atoms with van der Waals surface area (Å²) >= 11 is 5.95. The molecule has 3 aromatic rings. The Kier molecular flexibility index (Phi) is 5.46. The van der Waals surface area contributed by atoms with Crippen LogP contribution in [0.25, 0.3) is 0 Å². The number of carbonyl (C=O) groups excluding carboxylic acids is 1. The van der Waals surface area contributed by atoms with Crippen molar-refractivity contribution >= 4 is 29.3 Å². The zero-order valence-corrected chi connectivity index (χ0v) is 15.1. The number of hydrogen-bond donors (Lipinski definition) is 1. The van der Waals surface area contributed by atoms with Gasteiger partial charge in [-0.2, -0.15) is 4.68 Å². The lowest BCUT2D eigenvalue weighted by molar-refractivity contribution is -0.389. The SMILES string of the molecule is Cc1cc([N+](=O)[O-])nn1CCC(=O)Nc1ncn(Cc2cccc(Cl)c2)n1. The van der Waals surface area contributed by atoms with E-state index in [0.717, 1.165) is 5.56 Å².